The molecule has 0 saturated carbocycles. The second kappa shape index (κ2) is 8.20. The number of amides is 1. The van der Waals surface area contributed by atoms with Gasteiger partial charge in [-0.3, -0.25) is 4.79 Å². The van der Waals surface area contributed by atoms with Crippen LogP contribution in [0.1, 0.15) is 18.1 Å². The number of hydrogen-bond acceptors (Lipinski definition) is 3. The lowest BCUT2D eigenvalue weighted by molar-refractivity contribution is -0.132. The molecule has 4 nitrogen and oxygen atoms in total. The zero-order valence-electron chi connectivity index (χ0n) is 12.9. The first-order chi connectivity index (χ1) is 10.7. The van der Waals surface area contributed by atoms with Gasteiger partial charge in [-0.25, -0.2) is 0 Å². The van der Waals surface area contributed by atoms with Crippen LogP contribution in [0.5, 0.6) is 5.75 Å². The van der Waals surface area contributed by atoms with Crippen LogP contribution < -0.4 is 10.1 Å². The maximum atomic E-state index is 12.0. The zero-order valence-corrected chi connectivity index (χ0v) is 12.9. The molecule has 0 heterocycles. The maximum Gasteiger partial charge on any atom is 0.249 e. The Kier molecular flexibility index (Phi) is 5.98. The fourth-order valence-electron chi connectivity index (χ4n) is 1.99. The Hall–Kier alpha value is -2.33. The number of nitrogens with one attached hydrogen (secondary N) is 1. The quantitative estimate of drug-likeness (QED) is 0.855. The van der Waals surface area contributed by atoms with Gasteiger partial charge in [-0.15, -0.1) is 0 Å². The minimum Gasteiger partial charge on any atom is -0.497 e. The molecule has 0 bridgehead atoms. The summed E-state index contributed by atoms with van der Waals surface area (Å²) >= 11 is 0. The van der Waals surface area contributed by atoms with Crippen molar-refractivity contribution in [3.63, 3.8) is 0 Å². The van der Waals surface area contributed by atoms with Crippen LogP contribution >= 0.6 is 0 Å². The number of benzene rings is 2. The van der Waals surface area contributed by atoms with Gasteiger partial charge in [0, 0.05) is 6.54 Å². The fraction of sp³-hybridized carbons (Fsp3) is 0.278. The molecule has 2 aromatic rings. The van der Waals surface area contributed by atoms with E-state index in [0.717, 1.165) is 16.9 Å². The van der Waals surface area contributed by atoms with E-state index in [1.54, 1.807) is 14.0 Å². The maximum absolute atomic E-state index is 12.0. The predicted molar refractivity (Wildman–Crippen MR) is 85.5 cm³/mol. The van der Waals surface area contributed by atoms with Crippen molar-refractivity contribution in [2.24, 2.45) is 0 Å². The second-order valence-corrected chi connectivity index (χ2v) is 5.01. The Balaban J connectivity index is 1.78. The second-order valence-electron chi connectivity index (χ2n) is 5.01. The summed E-state index contributed by atoms with van der Waals surface area (Å²) in [4.78, 5) is 12.0. The third-order valence-electron chi connectivity index (χ3n) is 3.31. The van der Waals surface area contributed by atoms with Gasteiger partial charge in [0.25, 0.3) is 0 Å². The smallest absolute Gasteiger partial charge is 0.249 e. The average Bonchev–Trinajstić information content (AvgIpc) is 2.58. The lowest BCUT2D eigenvalue weighted by atomic mass is 10.2. The highest BCUT2D eigenvalue weighted by Gasteiger charge is 2.13. The highest BCUT2D eigenvalue weighted by Crippen LogP contribution is 2.12. The molecule has 116 valence electrons. The third-order valence-corrected chi connectivity index (χ3v) is 3.31. The summed E-state index contributed by atoms with van der Waals surface area (Å²) in [6, 6.07) is 17.4. The molecule has 0 saturated heterocycles. The Bertz CT molecular complexity index is 598. The van der Waals surface area contributed by atoms with Gasteiger partial charge in [0.05, 0.1) is 13.7 Å². The number of hydrogen-bond donors (Lipinski definition) is 1. The molecule has 1 atom stereocenters. The number of methoxy groups -OCH3 is 1. The number of carbonyl (C=O) groups excluding carboxylic acids is 1. The first kappa shape index (κ1) is 16.0. The van der Waals surface area contributed by atoms with Crippen molar-refractivity contribution in [1.29, 1.82) is 0 Å². The largest absolute Gasteiger partial charge is 0.497 e. The summed E-state index contributed by atoms with van der Waals surface area (Å²) < 4.78 is 10.7. The van der Waals surface area contributed by atoms with E-state index in [1.807, 2.05) is 54.6 Å². The molecule has 0 spiro atoms. The molecule has 0 aliphatic rings. The Labute approximate surface area is 131 Å². The SMILES string of the molecule is COc1cccc(CNC(=O)C(C)OCc2ccccc2)c1. The van der Waals surface area contributed by atoms with Gasteiger partial charge in [-0.2, -0.15) is 0 Å². The van der Waals surface area contributed by atoms with E-state index in [4.69, 9.17) is 9.47 Å². The molecular weight excluding hydrogens is 278 g/mol. The van der Waals surface area contributed by atoms with E-state index in [-0.39, 0.29) is 5.91 Å². The van der Waals surface area contributed by atoms with Crippen LogP contribution in [-0.4, -0.2) is 19.1 Å². The molecular formula is C18H21NO3. The topological polar surface area (TPSA) is 47.6 Å². The molecule has 1 amide bonds. The van der Waals surface area contributed by atoms with Gasteiger partial charge in [0.1, 0.15) is 11.9 Å². The van der Waals surface area contributed by atoms with Gasteiger partial charge >= 0.3 is 0 Å². The molecule has 0 aliphatic carbocycles. The molecule has 1 N–H and O–H groups in total. The van der Waals surface area contributed by atoms with Crippen LogP contribution in [0, 0.1) is 0 Å². The van der Waals surface area contributed by atoms with Crippen molar-refractivity contribution in [1.82, 2.24) is 5.32 Å². The monoisotopic (exact) mass is 299 g/mol. The van der Waals surface area contributed by atoms with Crippen LogP contribution in [0.25, 0.3) is 0 Å². The van der Waals surface area contributed by atoms with Gasteiger partial charge in [-0.05, 0) is 30.2 Å². The van der Waals surface area contributed by atoms with Crippen LogP contribution in [-0.2, 0) is 22.7 Å². The van der Waals surface area contributed by atoms with Gasteiger partial charge in [0.2, 0.25) is 5.91 Å². The Morgan fingerprint density at radius 1 is 1.09 bits per heavy atom. The molecule has 0 fully saturated rings. The molecule has 0 aromatic heterocycles. The van der Waals surface area contributed by atoms with E-state index in [2.05, 4.69) is 5.32 Å². The van der Waals surface area contributed by atoms with Crippen LogP contribution in [0.3, 0.4) is 0 Å². The van der Waals surface area contributed by atoms with Crippen molar-refractivity contribution in [3.8, 4) is 5.75 Å². The minimum absolute atomic E-state index is 0.126. The average molecular weight is 299 g/mol. The number of carbonyl (C=O) groups is 1. The highest BCUT2D eigenvalue weighted by molar-refractivity contribution is 5.80. The van der Waals surface area contributed by atoms with E-state index >= 15 is 0 Å². The summed E-state index contributed by atoms with van der Waals surface area (Å²) in [5, 5.41) is 2.87. The molecule has 4 heteroatoms. The van der Waals surface area contributed by atoms with Crippen molar-refractivity contribution >= 4 is 5.91 Å². The van der Waals surface area contributed by atoms with Crippen molar-refractivity contribution in [3.05, 3.63) is 65.7 Å². The van der Waals surface area contributed by atoms with Crippen LogP contribution in [0.4, 0.5) is 0 Å². The summed E-state index contributed by atoms with van der Waals surface area (Å²) in [6.45, 7) is 2.63. The van der Waals surface area contributed by atoms with Gasteiger partial charge < -0.3 is 14.8 Å². The number of ether oxygens (including phenoxy) is 2. The lowest BCUT2D eigenvalue weighted by Crippen LogP contribution is -2.34. The van der Waals surface area contributed by atoms with Gasteiger partial charge in [-0.1, -0.05) is 42.5 Å². The molecule has 22 heavy (non-hydrogen) atoms. The van der Waals surface area contributed by atoms with E-state index in [1.165, 1.54) is 0 Å². The summed E-state index contributed by atoms with van der Waals surface area (Å²) in [6.07, 6.45) is -0.495. The summed E-state index contributed by atoms with van der Waals surface area (Å²) in [5.74, 6) is 0.652. The molecule has 2 rings (SSSR count). The van der Waals surface area contributed by atoms with Crippen molar-refractivity contribution < 1.29 is 14.3 Å². The third kappa shape index (κ3) is 4.90. The lowest BCUT2D eigenvalue weighted by Gasteiger charge is -2.14. The molecule has 0 radical (unpaired) electrons. The molecule has 0 aliphatic heterocycles. The van der Waals surface area contributed by atoms with Crippen molar-refractivity contribution in [2.45, 2.75) is 26.2 Å². The first-order valence-electron chi connectivity index (χ1n) is 7.25. The molecule has 1 unspecified atom stereocenters. The van der Waals surface area contributed by atoms with Crippen LogP contribution in [0.15, 0.2) is 54.6 Å². The number of rotatable bonds is 7. The Morgan fingerprint density at radius 3 is 2.55 bits per heavy atom. The van der Waals surface area contributed by atoms with Gasteiger partial charge in [0.15, 0.2) is 0 Å². The highest BCUT2D eigenvalue weighted by atomic mass is 16.5. The minimum atomic E-state index is -0.495. The van der Waals surface area contributed by atoms with Crippen molar-refractivity contribution in [2.75, 3.05) is 7.11 Å². The fourth-order valence-corrected chi connectivity index (χ4v) is 1.99. The zero-order chi connectivity index (χ0) is 15.8. The van der Waals surface area contributed by atoms with Crippen LogP contribution in [0.2, 0.25) is 0 Å². The first-order valence-corrected chi connectivity index (χ1v) is 7.25. The normalized spacial score (nSPS) is 11.7. The summed E-state index contributed by atoms with van der Waals surface area (Å²) in [7, 11) is 1.62. The predicted octanol–water partition coefficient (Wildman–Crippen LogP) is 2.92. The Morgan fingerprint density at radius 2 is 1.82 bits per heavy atom. The van der Waals surface area contributed by atoms with E-state index < -0.39 is 6.10 Å². The summed E-state index contributed by atoms with van der Waals surface area (Å²) in [5.41, 5.74) is 2.04. The van der Waals surface area contributed by atoms with E-state index in [0.29, 0.717) is 13.2 Å². The van der Waals surface area contributed by atoms with E-state index in [9.17, 15) is 4.79 Å². The molecule has 2 aromatic carbocycles. The standard InChI is InChI=1S/C18H21NO3/c1-14(22-13-15-7-4-3-5-8-15)18(20)19-12-16-9-6-10-17(11-16)21-2/h3-11,14H,12-13H2,1-2H3,(H,19,20).